The molecule has 0 aromatic rings. The van der Waals surface area contributed by atoms with Crippen molar-refractivity contribution in [1.29, 1.82) is 0 Å². The molecule has 0 bridgehead atoms. The number of rotatable bonds is 0. The summed E-state index contributed by atoms with van der Waals surface area (Å²) in [4.78, 5) is 32.1. The van der Waals surface area contributed by atoms with Crippen LogP contribution >= 0.6 is 0 Å². The summed E-state index contributed by atoms with van der Waals surface area (Å²) >= 11 is 0. The molecule has 2 aliphatic rings. The minimum atomic E-state index is -0.706. The molecule has 54 valence electrons. The van der Waals surface area contributed by atoms with Gasteiger partial charge in [-0.3, -0.25) is 9.59 Å². The van der Waals surface area contributed by atoms with E-state index in [1.165, 1.54) is 0 Å². The molecule has 0 saturated heterocycles. The van der Waals surface area contributed by atoms with Crippen LogP contribution in [0.3, 0.4) is 0 Å². The van der Waals surface area contributed by atoms with Crippen LogP contribution in [0.1, 0.15) is 0 Å². The lowest BCUT2D eigenvalue weighted by Gasteiger charge is -1.88. The van der Waals surface area contributed by atoms with Crippen molar-refractivity contribution in [3.63, 3.8) is 0 Å². The van der Waals surface area contributed by atoms with Gasteiger partial charge in [0.05, 0.1) is 0 Å². The minimum absolute atomic E-state index is 0.109. The summed E-state index contributed by atoms with van der Waals surface area (Å²) < 4.78 is 4.34. The van der Waals surface area contributed by atoms with Crippen molar-refractivity contribution in [1.82, 2.24) is 0 Å². The van der Waals surface area contributed by atoms with Gasteiger partial charge in [0.25, 0.3) is 0 Å². The second-order valence-electron chi connectivity index (χ2n) is 2.16. The van der Waals surface area contributed by atoms with Crippen LogP contribution in [-0.4, -0.2) is 0 Å². The normalized spacial score (nSPS) is 10.9. The van der Waals surface area contributed by atoms with E-state index in [4.69, 9.17) is 0 Å². The maximum Gasteiger partial charge on any atom is 0.351 e. The van der Waals surface area contributed by atoms with Crippen molar-refractivity contribution in [3.05, 3.63) is 53.6 Å². The summed E-state index contributed by atoms with van der Waals surface area (Å²) in [5, 5.41) is -0.113. The fraction of sp³-hybridized carbons (Fsp3) is 0. The lowest BCUT2D eigenvalue weighted by molar-refractivity contribution is 0.431. The van der Waals surface area contributed by atoms with Crippen LogP contribution < -0.4 is 16.5 Å². The third-order valence-electron chi connectivity index (χ3n) is 1.48. The molecule has 0 aromatic heterocycles. The predicted molar refractivity (Wildman–Crippen MR) is 35.2 cm³/mol. The smallest absolute Gasteiger partial charge is 0.351 e. The maximum atomic E-state index is 10.8. The topological polar surface area (TPSA) is 64.3 Å². The Bertz CT molecular complexity index is 582. The third kappa shape index (κ3) is 0.605. The van der Waals surface area contributed by atoms with Gasteiger partial charge in [-0.2, -0.15) is 0 Å². The van der Waals surface area contributed by atoms with Gasteiger partial charge in [-0.25, -0.2) is 4.79 Å². The molecule has 4 heteroatoms. The van der Waals surface area contributed by atoms with Crippen LogP contribution in [0.15, 0.2) is 30.9 Å². The molecule has 0 N–H and O–H groups in total. The first-order chi connectivity index (χ1) is 5.20. The van der Waals surface area contributed by atoms with Gasteiger partial charge >= 0.3 is 5.63 Å². The Morgan fingerprint density at radius 1 is 1.00 bits per heavy atom. The predicted octanol–water partition coefficient (Wildman–Crippen LogP) is -1.04. The van der Waals surface area contributed by atoms with Crippen LogP contribution in [0.25, 0.3) is 0 Å². The Morgan fingerprint density at radius 3 is 2.18 bits per heavy atom. The van der Waals surface area contributed by atoms with Crippen molar-refractivity contribution in [3.8, 4) is 0 Å². The molecule has 0 radical (unpaired) electrons. The van der Waals surface area contributed by atoms with E-state index in [1.807, 2.05) is 0 Å². The Hall–Kier alpha value is -1.71. The molecule has 11 heavy (non-hydrogen) atoms. The molecule has 0 amide bonds. The first-order valence-corrected chi connectivity index (χ1v) is 2.93. The van der Waals surface area contributed by atoms with Crippen LogP contribution in [-0.2, 0) is 0 Å². The third-order valence-corrected chi connectivity index (χ3v) is 1.48. The lowest BCUT2D eigenvalue weighted by atomic mass is 10.3. The van der Waals surface area contributed by atoms with Gasteiger partial charge in [0.15, 0.2) is 16.1 Å². The van der Waals surface area contributed by atoms with Crippen LogP contribution in [0, 0.1) is 10.6 Å². The summed E-state index contributed by atoms with van der Waals surface area (Å²) in [6.07, 6.45) is 0. The maximum absolute atomic E-state index is 10.8. The van der Waals surface area contributed by atoms with Gasteiger partial charge < -0.3 is 4.42 Å². The van der Waals surface area contributed by atoms with Gasteiger partial charge in [0.1, 0.15) is 0 Å². The van der Waals surface area contributed by atoms with Crippen molar-refractivity contribution >= 4 is 0 Å². The summed E-state index contributed by atoms with van der Waals surface area (Å²) in [6.45, 7) is 0. The molecule has 2 rings (SSSR count). The molecule has 0 atom stereocenters. The zero-order valence-electron chi connectivity index (χ0n) is 5.29. The molecule has 4 nitrogen and oxygen atoms in total. The number of hydrogen-bond acceptors (Lipinski definition) is 4. The van der Waals surface area contributed by atoms with Crippen LogP contribution in [0.2, 0.25) is 0 Å². The zero-order valence-corrected chi connectivity index (χ0v) is 5.29. The average Bonchev–Trinajstić information content (AvgIpc) is 1.93. The van der Waals surface area contributed by atoms with E-state index < -0.39 is 16.5 Å². The molecular formula is C7H2O4. The Morgan fingerprint density at radius 2 is 1.64 bits per heavy atom. The molecule has 0 aromatic carbocycles. The SMILES string of the molecule is O=c1ccc(=O)c2c(=O)oc1=2. The highest BCUT2D eigenvalue weighted by Crippen LogP contribution is 1.82. The first kappa shape index (κ1) is 6.03. The summed E-state index contributed by atoms with van der Waals surface area (Å²) in [7, 11) is 0. The lowest BCUT2D eigenvalue weighted by Crippen LogP contribution is -2.24. The molecular weight excluding hydrogens is 148 g/mol. The average molecular weight is 150 g/mol. The molecule has 1 aliphatic heterocycles. The van der Waals surface area contributed by atoms with E-state index in [2.05, 4.69) is 4.42 Å². The second-order valence-corrected chi connectivity index (χ2v) is 2.16. The molecule has 0 saturated carbocycles. The highest BCUT2D eigenvalue weighted by molar-refractivity contribution is 5.08. The summed E-state index contributed by atoms with van der Waals surface area (Å²) in [5.74, 6) is 0. The summed E-state index contributed by atoms with van der Waals surface area (Å²) in [5.41, 5.74) is -1.68. The van der Waals surface area contributed by atoms with Gasteiger partial charge in [-0.05, 0) is 12.1 Å². The zero-order chi connectivity index (χ0) is 8.01. The van der Waals surface area contributed by atoms with Crippen LogP contribution in [0.5, 0.6) is 0 Å². The van der Waals surface area contributed by atoms with E-state index >= 15 is 0 Å². The standard InChI is InChI=1S/C7H2O4/c8-3-1-2-4(9)6-5(3)7(10)11-6/h1-2H. The van der Waals surface area contributed by atoms with E-state index in [-0.39, 0.29) is 10.6 Å². The molecule has 0 unspecified atom stereocenters. The highest BCUT2D eigenvalue weighted by Gasteiger charge is 2.08. The van der Waals surface area contributed by atoms with E-state index in [1.54, 1.807) is 0 Å². The Balaban J connectivity index is 3.38. The first-order valence-electron chi connectivity index (χ1n) is 2.93. The molecule has 0 fully saturated rings. The van der Waals surface area contributed by atoms with Crippen molar-refractivity contribution in [2.24, 2.45) is 0 Å². The van der Waals surface area contributed by atoms with Gasteiger partial charge in [-0.1, -0.05) is 0 Å². The molecule has 0 spiro atoms. The van der Waals surface area contributed by atoms with Crippen LogP contribution in [0.4, 0.5) is 0 Å². The van der Waals surface area contributed by atoms with Crippen molar-refractivity contribution in [2.75, 3.05) is 0 Å². The second kappa shape index (κ2) is 1.66. The quantitative estimate of drug-likeness (QED) is 0.481. The fourth-order valence-electron chi connectivity index (χ4n) is 0.937. The minimum Gasteiger partial charge on any atom is -0.417 e. The monoisotopic (exact) mass is 150 g/mol. The van der Waals surface area contributed by atoms with Gasteiger partial charge in [-0.15, -0.1) is 0 Å². The van der Waals surface area contributed by atoms with Gasteiger partial charge in [0, 0.05) is 0 Å². The number of hydrogen-bond donors (Lipinski definition) is 0. The molecule has 1 heterocycles. The molecule has 1 aliphatic carbocycles. The summed E-state index contributed by atoms with van der Waals surface area (Å²) in [6, 6.07) is 2.16. The fourth-order valence-corrected chi connectivity index (χ4v) is 0.937. The Labute approximate surface area is 59.0 Å². The van der Waals surface area contributed by atoms with Crippen molar-refractivity contribution < 1.29 is 4.42 Å². The van der Waals surface area contributed by atoms with Crippen molar-refractivity contribution in [2.45, 2.75) is 0 Å². The Kier molecular flexibility index (Phi) is 0.910. The van der Waals surface area contributed by atoms with E-state index in [0.717, 1.165) is 12.1 Å². The van der Waals surface area contributed by atoms with Gasteiger partial charge in [0.2, 0.25) is 5.43 Å². The van der Waals surface area contributed by atoms with E-state index in [0.29, 0.717) is 0 Å². The highest BCUT2D eigenvalue weighted by atomic mass is 16.4. The largest absolute Gasteiger partial charge is 0.417 e. The van der Waals surface area contributed by atoms with E-state index in [9.17, 15) is 14.4 Å².